The number of hydrogen-bond donors (Lipinski definition) is 1. The van der Waals surface area contributed by atoms with Crippen LogP contribution in [0.15, 0.2) is 29.1 Å². The maximum Gasteiger partial charge on any atom is 0.129 e. The molecule has 5 heteroatoms. The van der Waals surface area contributed by atoms with Crippen LogP contribution >= 0.6 is 11.3 Å². The van der Waals surface area contributed by atoms with Gasteiger partial charge in [0.2, 0.25) is 0 Å². The predicted octanol–water partition coefficient (Wildman–Crippen LogP) is 2.50. The average Bonchev–Trinajstić information content (AvgIpc) is 2.76. The number of rotatable bonds is 4. The van der Waals surface area contributed by atoms with E-state index < -0.39 is 0 Å². The molecule has 1 heterocycles. The Balaban J connectivity index is 2.05. The average molecular weight is 251 g/mol. The highest BCUT2D eigenvalue weighted by atomic mass is 32.1. The summed E-state index contributed by atoms with van der Waals surface area (Å²) < 4.78 is 13.6. The van der Waals surface area contributed by atoms with Crippen molar-refractivity contribution in [1.29, 1.82) is 0 Å². The van der Waals surface area contributed by atoms with Crippen LogP contribution < -0.4 is 5.73 Å². The second kappa shape index (κ2) is 5.25. The number of benzene rings is 1. The lowest BCUT2D eigenvalue weighted by Gasteiger charge is -2.17. The lowest BCUT2D eigenvalue weighted by atomic mass is 10.1. The molecule has 1 aromatic heterocycles. The number of nitrogens with zero attached hydrogens (tertiary/aromatic N) is 2. The smallest absolute Gasteiger partial charge is 0.129 e. The van der Waals surface area contributed by atoms with Gasteiger partial charge in [-0.2, -0.15) is 0 Å². The Labute approximate surface area is 104 Å². The second-order valence-electron chi connectivity index (χ2n) is 3.96. The molecule has 0 saturated heterocycles. The van der Waals surface area contributed by atoms with Crippen LogP contribution in [0.3, 0.4) is 0 Å². The van der Waals surface area contributed by atoms with Crippen LogP contribution in [0, 0.1) is 5.82 Å². The lowest BCUT2D eigenvalue weighted by molar-refractivity contribution is 0.311. The first kappa shape index (κ1) is 12.0. The van der Waals surface area contributed by atoms with Crippen LogP contribution in [0.1, 0.15) is 11.3 Å². The molecular weight excluding hydrogens is 237 g/mol. The SMILES string of the molecule is CN(Cc1cscn1)Cc1c(N)cccc1F. The van der Waals surface area contributed by atoms with E-state index in [0.29, 0.717) is 24.3 Å². The number of anilines is 1. The minimum absolute atomic E-state index is 0.255. The summed E-state index contributed by atoms with van der Waals surface area (Å²) in [6.07, 6.45) is 0. The largest absolute Gasteiger partial charge is 0.398 e. The Hall–Kier alpha value is -1.46. The molecule has 0 fully saturated rings. The summed E-state index contributed by atoms with van der Waals surface area (Å²) in [7, 11) is 1.92. The molecule has 0 spiro atoms. The van der Waals surface area contributed by atoms with Crippen molar-refractivity contribution in [2.75, 3.05) is 12.8 Å². The standard InChI is InChI=1S/C12H14FN3S/c1-16(5-9-7-17-8-15-9)6-10-11(13)3-2-4-12(10)14/h2-4,7-8H,5-6,14H2,1H3. The molecule has 90 valence electrons. The van der Waals surface area contributed by atoms with Crippen LogP contribution in [0.5, 0.6) is 0 Å². The van der Waals surface area contributed by atoms with Crippen LogP contribution in [0.2, 0.25) is 0 Å². The molecule has 17 heavy (non-hydrogen) atoms. The normalized spacial score (nSPS) is 11.0. The minimum Gasteiger partial charge on any atom is -0.398 e. The van der Waals surface area contributed by atoms with Gasteiger partial charge in [-0.15, -0.1) is 11.3 Å². The molecule has 1 aromatic carbocycles. The van der Waals surface area contributed by atoms with E-state index in [2.05, 4.69) is 4.98 Å². The summed E-state index contributed by atoms with van der Waals surface area (Å²) >= 11 is 1.56. The van der Waals surface area contributed by atoms with E-state index in [0.717, 1.165) is 5.69 Å². The molecule has 0 aliphatic carbocycles. The molecule has 0 aliphatic rings. The first-order valence-electron chi connectivity index (χ1n) is 5.25. The molecule has 0 bridgehead atoms. The number of hydrogen-bond acceptors (Lipinski definition) is 4. The maximum absolute atomic E-state index is 13.6. The van der Waals surface area contributed by atoms with Gasteiger partial charge in [0.25, 0.3) is 0 Å². The summed E-state index contributed by atoms with van der Waals surface area (Å²) in [5.41, 5.74) is 9.59. The van der Waals surface area contributed by atoms with Crippen molar-refractivity contribution < 1.29 is 4.39 Å². The third kappa shape index (κ3) is 3.01. The van der Waals surface area contributed by atoms with E-state index in [9.17, 15) is 4.39 Å². The van der Waals surface area contributed by atoms with Crippen molar-refractivity contribution in [3.8, 4) is 0 Å². The van der Waals surface area contributed by atoms with Crippen molar-refractivity contribution in [2.45, 2.75) is 13.1 Å². The number of nitrogen functional groups attached to an aromatic ring is 1. The van der Waals surface area contributed by atoms with Crippen molar-refractivity contribution in [2.24, 2.45) is 0 Å². The van der Waals surface area contributed by atoms with Crippen molar-refractivity contribution in [3.05, 3.63) is 46.2 Å². The van der Waals surface area contributed by atoms with Gasteiger partial charge >= 0.3 is 0 Å². The number of nitrogens with two attached hydrogens (primary N) is 1. The molecule has 0 radical (unpaired) electrons. The highest BCUT2D eigenvalue weighted by molar-refractivity contribution is 7.07. The van der Waals surface area contributed by atoms with Gasteiger partial charge in [-0.1, -0.05) is 6.07 Å². The van der Waals surface area contributed by atoms with Crippen LogP contribution in [-0.4, -0.2) is 16.9 Å². The van der Waals surface area contributed by atoms with Gasteiger partial charge in [-0.25, -0.2) is 9.37 Å². The van der Waals surface area contributed by atoms with Gasteiger partial charge in [0, 0.05) is 29.7 Å². The van der Waals surface area contributed by atoms with Gasteiger partial charge in [0.05, 0.1) is 11.2 Å². The Kier molecular flexibility index (Phi) is 3.71. The zero-order valence-electron chi connectivity index (χ0n) is 9.56. The zero-order valence-corrected chi connectivity index (χ0v) is 10.4. The van der Waals surface area contributed by atoms with Gasteiger partial charge in [-0.05, 0) is 19.2 Å². The van der Waals surface area contributed by atoms with E-state index in [1.54, 1.807) is 29.0 Å². The van der Waals surface area contributed by atoms with Crippen LogP contribution in [-0.2, 0) is 13.1 Å². The molecule has 2 aromatic rings. The molecule has 0 unspecified atom stereocenters. The number of aromatic nitrogens is 1. The third-order valence-corrected chi connectivity index (χ3v) is 3.13. The number of thiazole rings is 1. The van der Waals surface area contributed by atoms with Gasteiger partial charge in [-0.3, -0.25) is 4.90 Å². The predicted molar refractivity (Wildman–Crippen MR) is 68.1 cm³/mol. The monoisotopic (exact) mass is 251 g/mol. The summed E-state index contributed by atoms with van der Waals surface area (Å²) in [5, 5.41) is 1.99. The van der Waals surface area contributed by atoms with E-state index >= 15 is 0 Å². The number of halogens is 1. The van der Waals surface area contributed by atoms with Crippen LogP contribution in [0.4, 0.5) is 10.1 Å². The Morgan fingerprint density at radius 3 is 2.88 bits per heavy atom. The quantitative estimate of drug-likeness (QED) is 0.849. The first-order valence-corrected chi connectivity index (χ1v) is 6.19. The summed E-state index contributed by atoms with van der Waals surface area (Å²) in [6.45, 7) is 1.17. The molecule has 0 amide bonds. The highest BCUT2D eigenvalue weighted by Crippen LogP contribution is 2.18. The zero-order chi connectivity index (χ0) is 12.3. The molecule has 0 atom stereocenters. The Bertz CT molecular complexity index is 464. The van der Waals surface area contributed by atoms with Crippen LogP contribution in [0.25, 0.3) is 0 Å². The fourth-order valence-corrected chi connectivity index (χ4v) is 2.21. The Morgan fingerprint density at radius 1 is 1.41 bits per heavy atom. The van der Waals surface area contributed by atoms with E-state index in [-0.39, 0.29) is 5.82 Å². The lowest BCUT2D eigenvalue weighted by Crippen LogP contribution is -2.19. The van der Waals surface area contributed by atoms with Crippen molar-refractivity contribution in [3.63, 3.8) is 0 Å². The van der Waals surface area contributed by atoms with Crippen molar-refractivity contribution >= 4 is 17.0 Å². The van der Waals surface area contributed by atoms with E-state index in [4.69, 9.17) is 5.73 Å². The molecule has 3 nitrogen and oxygen atoms in total. The van der Waals surface area contributed by atoms with Gasteiger partial charge in [0.1, 0.15) is 5.82 Å². The first-order chi connectivity index (χ1) is 8.16. The Morgan fingerprint density at radius 2 is 2.24 bits per heavy atom. The molecule has 2 N–H and O–H groups in total. The maximum atomic E-state index is 13.6. The topological polar surface area (TPSA) is 42.2 Å². The van der Waals surface area contributed by atoms with Crippen molar-refractivity contribution in [1.82, 2.24) is 9.88 Å². The molecular formula is C12H14FN3S. The molecule has 2 rings (SSSR count). The summed E-state index contributed by atoms with van der Waals surface area (Å²) in [5.74, 6) is -0.255. The second-order valence-corrected chi connectivity index (χ2v) is 4.68. The molecule has 0 aliphatic heterocycles. The third-order valence-electron chi connectivity index (χ3n) is 2.50. The fourth-order valence-electron chi connectivity index (χ4n) is 1.66. The minimum atomic E-state index is -0.255. The van der Waals surface area contributed by atoms with E-state index in [1.807, 2.05) is 17.3 Å². The molecule has 0 saturated carbocycles. The van der Waals surface area contributed by atoms with Gasteiger partial charge < -0.3 is 5.73 Å². The van der Waals surface area contributed by atoms with E-state index in [1.165, 1.54) is 6.07 Å². The fraction of sp³-hybridized carbons (Fsp3) is 0.250. The highest BCUT2D eigenvalue weighted by Gasteiger charge is 2.09. The van der Waals surface area contributed by atoms with Gasteiger partial charge in [0.15, 0.2) is 0 Å². The summed E-state index contributed by atoms with van der Waals surface area (Å²) in [6, 6.07) is 4.77. The summed E-state index contributed by atoms with van der Waals surface area (Å²) in [4.78, 5) is 6.18.